The van der Waals surface area contributed by atoms with Crippen molar-refractivity contribution in [2.75, 3.05) is 14.7 Å². The zero-order valence-electron chi connectivity index (χ0n) is 52.0. The van der Waals surface area contributed by atoms with Crippen molar-refractivity contribution >= 4 is 117 Å². The lowest BCUT2D eigenvalue weighted by atomic mass is 9.64. The molecule has 0 amide bonds. The van der Waals surface area contributed by atoms with Crippen LogP contribution in [0.3, 0.4) is 0 Å². The van der Waals surface area contributed by atoms with E-state index < -0.39 is 5.41 Å². The first-order valence-electron chi connectivity index (χ1n) is 31.6. The first kappa shape index (κ1) is 53.6. The highest BCUT2D eigenvalue weighted by Gasteiger charge is 2.54. The van der Waals surface area contributed by atoms with E-state index in [-0.39, 0.29) is 10.8 Å². The molecular formula is C85H67N3O2. The van der Waals surface area contributed by atoms with Crippen LogP contribution < -0.4 is 14.7 Å². The quantitative estimate of drug-likeness (QED) is 0.159. The molecule has 3 heterocycles. The van der Waals surface area contributed by atoms with E-state index in [9.17, 15) is 0 Å². The van der Waals surface area contributed by atoms with Crippen LogP contribution in [-0.4, -0.2) is 0 Å². The van der Waals surface area contributed by atoms with Crippen molar-refractivity contribution in [3.63, 3.8) is 0 Å². The first-order valence-corrected chi connectivity index (χ1v) is 31.6. The van der Waals surface area contributed by atoms with E-state index in [0.29, 0.717) is 0 Å². The highest BCUT2D eigenvalue weighted by Crippen LogP contribution is 2.68. The van der Waals surface area contributed by atoms with Crippen molar-refractivity contribution in [1.29, 1.82) is 0 Å². The second kappa shape index (κ2) is 19.7. The summed E-state index contributed by atoms with van der Waals surface area (Å²) in [5.74, 6) is 0. The SMILES string of the molecule is Cc1cccc2c1oc1c(N(c3ccc(C(C)(C)C)cc3)c3cc4c(c5ccccc35)-c3c(cc(N(c5ccc(C(C)(C)C)cc5)c5cccc6c5oc5c(C)cccc56)c5ccccc35)C43c4ccccc4N(c4ccccc4)c4ccccc43)cccc12. The lowest BCUT2D eigenvalue weighted by Gasteiger charge is -2.45. The van der Waals surface area contributed by atoms with Crippen LogP contribution in [-0.2, 0) is 16.2 Å². The molecule has 15 aromatic rings. The molecule has 0 unspecified atom stereocenters. The third-order valence-electron chi connectivity index (χ3n) is 19.6. The molecule has 1 spiro atoms. The van der Waals surface area contributed by atoms with Gasteiger partial charge in [-0.05, 0) is 164 Å². The molecule has 0 N–H and O–H groups in total. The molecular weight excluding hydrogens is 1090 g/mol. The monoisotopic (exact) mass is 1160 g/mol. The van der Waals surface area contributed by atoms with Gasteiger partial charge in [0.25, 0.3) is 0 Å². The Hall–Kier alpha value is -10.6. The topological polar surface area (TPSA) is 36.0 Å². The van der Waals surface area contributed by atoms with E-state index in [0.717, 1.165) is 117 Å². The minimum Gasteiger partial charge on any atom is -0.454 e. The Balaban J connectivity index is 1.04. The van der Waals surface area contributed by atoms with E-state index in [4.69, 9.17) is 8.83 Å². The number of nitrogens with zero attached hydrogens (tertiary/aromatic N) is 3. The molecule has 0 saturated heterocycles. The number of para-hydroxylation sites is 7. The summed E-state index contributed by atoms with van der Waals surface area (Å²) in [6, 6.07) is 97.6. The van der Waals surface area contributed by atoms with E-state index in [2.05, 4.69) is 331 Å². The molecule has 2 aromatic heterocycles. The van der Waals surface area contributed by atoms with Gasteiger partial charge in [-0.15, -0.1) is 0 Å². The summed E-state index contributed by atoms with van der Waals surface area (Å²) in [6.07, 6.45) is 0. The Labute approximate surface area is 525 Å². The molecule has 1 aliphatic heterocycles. The number of rotatable bonds is 7. The maximum Gasteiger partial charge on any atom is 0.159 e. The number of benzene rings is 13. The molecule has 434 valence electrons. The van der Waals surface area contributed by atoms with Crippen molar-refractivity contribution < 1.29 is 8.83 Å². The van der Waals surface area contributed by atoms with Crippen molar-refractivity contribution in [3.05, 3.63) is 305 Å². The third-order valence-corrected chi connectivity index (χ3v) is 19.6. The molecule has 5 nitrogen and oxygen atoms in total. The number of fused-ring (bicyclic) bond motifs is 19. The van der Waals surface area contributed by atoms with Crippen LogP contribution >= 0.6 is 0 Å². The summed E-state index contributed by atoms with van der Waals surface area (Å²) < 4.78 is 14.4. The van der Waals surface area contributed by atoms with Crippen LogP contribution in [0.2, 0.25) is 0 Å². The number of hydrogen-bond acceptors (Lipinski definition) is 5. The van der Waals surface area contributed by atoms with Crippen LogP contribution in [0.25, 0.3) is 76.5 Å². The Morgan fingerprint density at radius 2 is 0.667 bits per heavy atom. The van der Waals surface area contributed by atoms with E-state index in [1.807, 2.05) is 0 Å². The largest absolute Gasteiger partial charge is 0.454 e. The van der Waals surface area contributed by atoms with Crippen LogP contribution in [0.4, 0.5) is 51.2 Å². The van der Waals surface area contributed by atoms with Gasteiger partial charge in [-0.2, -0.15) is 0 Å². The summed E-state index contributed by atoms with van der Waals surface area (Å²) >= 11 is 0. The van der Waals surface area contributed by atoms with Gasteiger partial charge in [0.2, 0.25) is 0 Å². The van der Waals surface area contributed by atoms with E-state index >= 15 is 0 Å². The number of anilines is 9. The lowest BCUT2D eigenvalue weighted by molar-refractivity contribution is 0.590. The Morgan fingerprint density at radius 1 is 0.311 bits per heavy atom. The Bertz CT molecular complexity index is 5100. The molecule has 5 heteroatoms. The fourth-order valence-electron chi connectivity index (χ4n) is 15.3. The van der Waals surface area contributed by atoms with Crippen LogP contribution in [0.15, 0.2) is 270 Å². The van der Waals surface area contributed by atoms with Gasteiger partial charge in [-0.3, -0.25) is 0 Å². The van der Waals surface area contributed by atoms with Crippen molar-refractivity contribution in [1.82, 2.24) is 0 Å². The normalized spacial score (nSPS) is 13.4. The highest BCUT2D eigenvalue weighted by molar-refractivity contribution is 6.21. The van der Waals surface area contributed by atoms with Gasteiger partial charge >= 0.3 is 0 Å². The molecule has 90 heavy (non-hydrogen) atoms. The second-order valence-corrected chi connectivity index (χ2v) is 26.9. The lowest BCUT2D eigenvalue weighted by Crippen LogP contribution is -2.36. The Morgan fingerprint density at radius 3 is 1.09 bits per heavy atom. The minimum absolute atomic E-state index is 0.0574. The fraction of sp³-hybridized carbons (Fsp3) is 0.129. The van der Waals surface area contributed by atoms with Crippen molar-refractivity contribution in [2.45, 2.75) is 71.6 Å². The molecule has 0 bridgehead atoms. The van der Waals surface area contributed by atoms with Crippen LogP contribution in [0, 0.1) is 13.8 Å². The average Bonchev–Trinajstić information content (AvgIpc) is 1.45. The summed E-state index contributed by atoms with van der Waals surface area (Å²) in [6.45, 7) is 18.0. The van der Waals surface area contributed by atoms with Gasteiger partial charge in [0.15, 0.2) is 11.2 Å². The van der Waals surface area contributed by atoms with Gasteiger partial charge in [0.1, 0.15) is 11.2 Å². The molecule has 0 fully saturated rings. The smallest absolute Gasteiger partial charge is 0.159 e. The maximum atomic E-state index is 7.20. The zero-order valence-corrected chi connectivity index (χ0v) is 52.0. The Kier molecular flexibility index (Phi) is 11.7. The summed E-state index contributed by atoms with van der Waals surface area (Å²) in [5, 5.41) is 8.98. The molecule has 0 atom stereocenters. The van der Waals surface area contributed by atoms with Crippen LogP contribution in [0.5, 0.6) is 0 Å². The summed E-state index contributed by atoms with van der Waals surface area (Å²) in [7, 11) is 0. The predicted octanol–water partition coefficient (Wildman–Crippen LogP) is 24.1. The van der Waals surface area contributed by atoms with Crippen molar-refractivity contribution in [3.8, 4) is 11.1 Å². The average molecular weight is 1160 g/mol. The number of hydrogen-bond donors (Lipinski definition) is 0. The predicted molar refractivity (Wildman–Crippen MR) is 378 cm³/mol. The molecule has 0 saturated carbocycles. The van der Waals surface area contributed by atoms with Gasteiger partial charge < -0.3 is 23.5 Å². The molecule has 1 aliphatic carbocycles. The van der Waals surface area contributed by atoms with Crippen molar-refractivity contribution in [2.24, 2.45) is 0 Å². The maximum absolute atomic E-state index is 7.20. The van der Waals surface area contributed by atoms with E-state index in [1.54, 1.807) is 0 Å². The first-order chi connectivity index (χ1) is 43.8. The number of furan rings is 2. The molecule has 13 aromatic carbocycles. The van der Waals surface area contributed by atoms with Gasteiger partial charge in [0.05, 0.1) is 39.5 Å². The van der Waals surface area contributed by atoms with E-state index in [1.165, 1.54) is 55.3 Å². The standard InChI is InChI=1S/C85H67N3O2/c1-52-24-20-32-63-65-34-22-40-73(81(65)89-79(52)63)87(57-46-42-54(43-47-57)83(3,4)5)75-50-69-77(61-30-14-12-28-59(61)75)78-62-31-15-13-29-60(62)76(51-70(78)85(69)67-36-16-18-38-71(67)86(56-26-10-9-11-27-56)72-39-19-17-37-68(72)85)88(58-48-44-55(45-49-58)84(6,7)8)74-41-23-35-66-64-33-21-25-53(2)80(64)90-82(66)74/h9-51H,1-8H3. The second-order valence-electron chi connectivity index (χ2n) is 26.9. The summed E-state index contributed by atoms with van der Waals surface area (Å²) in [5.41, 5.74) is 24.0. The van der Waals surface area contributed by atoms with Crippen LogP contribution in [0.1, 0.15) is 86.1 Å². The highest BCUT2D eigenvalue weighted by atomic mass is 16.3. The number of aryl methyl sites for hydroxylation is 2. The van der Waals surface area contributed by atoms with Gasteiger partial charge in [-0.1, -0.05) is 230 Å². The van der Waals surface area contributed by atoms with Gasteiger partial charge in [-0.25, -0.2) is 0 Å². The molecule has 0 radical (unpaired) electrons. The minimum atomic E-state index is -0.908. The molecule has 17 rings (SSSR count). The fourth-order valence-corrected chi connectivity index (χ4v) is 15.3. The van der Waals surface area contributed by atoms with Gasteiger partial charge in [0, 0.05) is 49.4 Å². The zero-order chi connectivity index (χ0) is 60.9. The summed E-state index contributed by atoms with van der Waals surface area (Å²) in [4.78, 5) is 7.47. The molecule has 2 aliphatic rings. The third kappa shape index (κ3) is 7.75.